The molecule has 0 unspecified atom stereocenters. The van der Waals surface area contributed by atoms with E-state index in [1.54, 1.807) is 6.07 Å². The predicted octanol–water partition coefficient (Wildman–Crippen LogP) is 3.36. The quantitative estimate of drug-likeness (QED) is 0.716. The minimum absolute atomic E-state index is 0.215. The molecule has 0 bridgehead atoms. The van der Waals surface area contributed by atoms with Crippen molar-refractivity contribution < 1.29 is 4.39 Å². The van der Waals surface area contributed by atoms with Gasteiger partial charge >= 0.3 is 0 Å². The lowest BCUT2D eigenvalue weighted by Gasteiger charge is -2.05. The summed E-state index contributed by atoms with van der Waals surface area (Å²) in [4.78, 5) is 0. The van der Waals surface area contributed by atoms with Gasteiger partial charge in [-0.25, -0.2) is 4.39 Å². The molecule has 96 valence electrons. The summed E-state index contributed by atoms with van der Waals surface area (Å²) in [7, 11) is 5.47. The molecule has 0 heterocycles. The Morgan fingerprint density at radius 1 is 0.842 bits per heavy atom. The topological polar surface area (TPSA) is 0 Å². The van der Waals surface area contributed by atoms with Gasteiger partial charge in [-0.1, -0.05) is 55.2 Å². The van der Waals surface area contributed by atoms with Crippen LogP contribution >= 0.6 is 0 Å². The van der Waals surface area contributed by atoms with Gasteiger partial charge in [-0.3, -0.25) is 0 Å². The highest BCUT2D eigenvalue weighted by Crippen LogP contribution is 2.10. The number of hydrogen-bond donors (Lipinski definition) is 0. The summed E-state index contributed by atoms with van der Waals surface area (Å²) in [6.07, 6.45) is 4.06. The first-order valence-electron chi connectivity index (χ1n) is 6.80. The maximum Gasteiger partial charge on any atom is 0.117 e. The van der Waals surface area contributed by atoms with Crippen LogP contribution in [0.2, 0.25) is 0 Å². The highest BCUT2D eigenvalue weighted by molar-refractivity contribution is 6.32. The van der Waals surface area contributed by atoms with Gasteiger partial charge in [-0.15, -0.1) is 0 Å². The molecule has 2 aromatic carbocycles. The van der Waals surface area contributed by atoms with Gasteiger partial charge in [0.1, 0.15) is 13.7 Å². The van der Waals surface area contributed by atoms with Crippen LogP contribution in [0.5, 0.6) is 0 Å². The Bertz CT molecular complexity index is 531. The van der Waals surface area contributed by atoms with Crippen LogP contribution in [0.3, 0.4) is 0 Å². The minimum Gasteiger partial charge on any atom is -0.208 e. The van der Waals surface area contributed by atoms with Crippen molar-refractivity contribution >= 4 is 13.3 Å². The SMILES string of the molecule is [B]c1ccc(CCc2ccc(CCC)cc2)cc1F. The zero-order valence-corrected chi connectivity index (χ0v) is 11.3. The summed E-state index contributed by atoms with van der Waals surface area (Å²) >= 11 is 0. The van der Waals surface area contributed by atoms with Gasteiger partial charge in [0.25, 0.3) is 0 Å². The maximum absolute atomic E-state index is 13.3. The van der Waals surface area contributed by atoms with Crippen LogP contribution in [0, 0.1) is 5.82 Å². The van der Waals surface area contributed by atoms with E-state index in [2.05, 4.69) is 31.2 Å². The predicted molar refractivity (Wildman–Crippen MR) is 79.6 cm³/mol. The molecule has 2 heteroatoms. The largest absolute Gasteiger partial charge is 0.208 e. The molecule has 0 aromatic heterocycles. The second-order valence-electron chi connectivity index (χ2n) is 4.92. The van der Waals surface area contributed by atoms with E-state index in [0.717, 1.165) is 24.8 Å². The van der Waals surface area contributed by atoms with Crippen LogP contribution in [-0.2, 0) is 19.3 Å². The summed E-state index contributed by atoms with van der Waals surface area (Å²) in [5.74, 6) is -0.323. The van der Waals surface area contributed by atoms with E-state index in [-0.39, 0.29) is 11.3 Å². The molecule has 0 nitrogen and oxygen atoms in total. The van der Waals surface area contributed by atoms with Gasteiger partial charge in [-0.2, -0.15) is 0 Å². The number of aryl methyl sites for hydroxylation is 3. The van der Waals surface area contributed by atoms with Crippen molar-refractivity contribution in [2.45, 2.75) is 32.6 Å². The smallest absolute Gasteiger partial charge is 0.117 e. The van der Waals surface area contributed by atoms with E-state index >= 15 is 0 Å². The Labute approximate surface area is 116 Å². The molecule has 0 saturated carbocycles. The second kappa shape index (κ2) is 6.56. The molecule has 0 aliphatic rings. The molecular weight excluding hydrogens is 234 g/mol. The van der Waals surface area contributed by atoms with E-state index in [0.29, 0.717) is 0 Å². The van der Waals surface area contributed by atoms with E-state index in [9.17, 15) is 4.39 Å². The van der Waals surface area contributed by atoms with Crippen molar-refractivity contribution in [3.8, 4) is 0 Å². The fourth-order valence-corrected chi connectivity index (χ4v) is 2.18. The lowest BCUT2D eigenvalue weighted by atomic mass is 9.93. The van der Waals surface area contributed by atoms with Gasteiger partial charge in [0.05, 0.1) is 0 Å². The van der Waals surface area contributed by atoms with Gasteiger partial charge < -0.3 is 0 Å². The third kappa shape index (κ3) is 3.95. The zero-order valence-electron chi connectivity index (χ0n) is 11.3. The number of rotatable bonds is 5. The molecule has 0 N–H and O–H groups in total. The molecule has 0 spiro atoms. The van der Waals surface area contributed by atoms with E-state index in [1.165, 1.54) is 23.6 Å². The van der Waals surface area contributed by atoms with E-state index in [4.69, 9.17) is 7.85 Å². The molecule has 0 aliphatic carbocycles. The summed E-state index contributed by atoms with van der Waals surface area (Å²) in [5.41, 5.74) is 3.87. The van der Waals surface area contributed by atoms with Crippen molar-refractivity contribution in [1.82, 2.24) is 0 Å². The first kappa shape index (κ1) is 13.9. The van der Waals surface area contributed by atoms with Crippen LogP contribution in [0.4, 0.5) is 4.39 Å². The third-order valence-electron chi connectivity index (χ3n) is 3.33. The van der Waals surface area contributed by atoms with Gasteiger partial charge in [0.15, 0.2) is 0 Å². The number of hydrogen-bond acceptors (Lipinski definition) is 0. The molecule has 0 atom stereocenters. The Hall–Kier alpha value is -1.57. The highest BCUT2D eigenvalue weighted by atomic mass is 19.1. The lowest BCUT2D eigenvalue weighted by molar-refractivity contribution is 0.633. The Morgan fingerprint density at radius 3 is 1.95 bits per heavy atom. The van der Waals surface area contributed by atoms with Crippen LogP contribution in [0.15, 0.2) is 42.5 Å². The first-order chi connectivity index (χ1) is 9.19. The fourth-order valence-electron chi connectivity index (χ4n) is 2.18. The molecule has 0 amide bonds. The van der Waals surface area contributed by atoms with Crippen molar-refractivity contribution in [1.29, 1.82) is 0 Å². The third-order valence-corrected chi connectivity index (χ3v) is 3.33. The van der Waals surface area contributed by atoms with Crippen LogP contribution in [0.1, 0.15) is 30.0 Å². The van der Waals surface area contributed by atoms with Crippen molar-refractivity contribution in [2.24, 2.45) is 0 Å². The highest BCUT2D eigenvalue weighted by Gasteiger charge is 2.00. The van der Waals surface area contributed by atoms with Gasteiger partial charge in [0.2, 0.25) is 0 Å². The summed E-state index contributed by atoms with van der Waals surface area (Å²) < 4.78 is 13.3. The fraction of sp³-hybridized carbons (Fsp3) is 0.294. The van der Waals surface area contributed by atoms with Gasteiger partial charge in [-0.05, 0) is 42.0 Å². The molecular formula is C17H18BF. The monoisotopic (exact) mass is 252 g/mol. The Balaban J connectivity index is 1.96. The minimum atomic E-state index is -0.323. The molecule has 2 rings (SSSR count). The lowest BCUT2D eigenvalue weighted by Crippen LogP contribution is -2.08. The molecule has 2 radical (unpaired) electrons. The Kier molecular flexibility index (Phi) is 4.78. The number of halogens is 1. The molecule has 0 saturated heterocycles. The average molecular weight is 252 g/mol. The molecule has 0 fully saturated rings. The first-order valence-corrected chi connectivity index (χ1v) is 6.80. The zero-order chi connectivity index (χ0) is 13.7. The molecule has 2 aromatic rings. The van der Waals surface area contributed by atoms with E-state index < -0.39 is 0 Å². The summed E-state index contributed by atoms with van der Waals surface area (Å²) in [5, 5.41) is 0. The van der Waals surface area contributed by atoms with E-state index in [1.807, 2.05) is 6.07 Å². The summed E-state index contributed by atoms with van der Waals surface area (Å²) in [6, 6.07) is 13.8. The van der Waals surface area contributed by atoms with Crippen LogP contribution < -0.4 is 5.46 Å². The number of benzene rings is 2. The maximum atomic E-state index is 13.3. The van der Waals surface area contributed by atoms with Crippen molar-refractivity contribution in [3.63, 3.8) is 0 Å². The molecule has 0 aliphatic heterocycles. The van der Waals surface area contributed by atoms with Crippen LogP contribution in [-0.4, -0.2) is 7.85 Å². The average Bonchev–Trinajstić information content (AvgIpc) is 2.42. The molecule has 19 heavy (non-hydrogen) atoms. The van der Waals surface area contributed by atoms with Crippen molar-refractivity contribution in [3.05, 3.63) is 65.0 Å². The summed E-state index contributed by atoms with van der Waals surface area (Å²) in [6.45, 7) is 2.18. The standard InChI is InChI=1S/C17H18BF/c1-2-3-13-4-6-14(7-5-13)8-9-15-10-11-16(18)17(19)12-15/h4-7,10-12H,2-3,8-9H2,1H3. The Morgan fingerprint density at radius 2 is 1.37 bits per heavy atom. The van der Waals surface area contributed by atoms with Gasteiger partial charge in [0, 0.05) is 0 Å². The normalized spacial score (nSPS) is 10.6. The van der Waals surface area contributed by atoms with Crippen molar-refractivity contribution in [2.75, 3.05) is 0 Å². The second-order valence-corrected chi connectivity index (χ2v) is 4.92. The van der Waals surface area contributed by atoms with Crippen LogP contribution in [0.25, 0.3) is 0 Å².